The SMILES string of the molecule is COc1ccc([C@H]2C3=C(CC(C)(C)CC3=O)Nc3ccccc3N2C(C)=C2C(=O)c3ccccc3C2=O)cc1OC. The average Bonchev–Trinajstić information content (AvgIpc) is 3.11. The molecule has 0 bridgehead atoms. The van der Waals surface area contributed by atoms with Crippen LogP contribution in [0.5, 0.6) is 11.5 Å². The first-order valence-corrected chi connectivity index (χ1v) is 13.7. The molecule has 7 nitrogen and oxygen atoms in total. The molecule has 7 heteroatoms. The van der Waals surface area contributed by atoms with Gasteiger partial charge in [-0.05, 0) is 48.6 Å². The van der Waals surface area contributed by atoms with E-state index in [0.717, 1.165) is 22.6 Å². The molecule has 41 heavy (non-hydrogen) atoms. The Morgan fingerprint density at radius 1 is 0.854 bits per heavy atom. The standard InChI is InChI=1S/C34H32N2O5/c1-19(29-32(38)21-10-6-7-11-22(21)33(29)39)36-25-13-9-8-12-23(25)35-24-17-34(2,3)18-26(37)30(24)31(36)20-14-15-27(40-4)28(16-20)41-5/h6-16,31,35H,17-18H2,1-5H3/t31-/m0/s1. The molecule has 3 aromatic carbocycles. The van der Waals surface area contributed by atoms with Crippen molar-refractivity contribution in [3.63, 3.8) is 0 Å². The molecule has 1 N–H and O–H groups in total. The van der Waals surface area contributed by atoms with Crippen LogP contribution in [0.15, 0.2) is 89.3 Å². The van der Waals surface area contributed by atoms with E-state index in [1.807, 2.05) is 47.4 Å². The Hall–Kier alpha value is -4.65. The number of para-hydroxylation sites is 2. The third-order valence-electron chi connectivity index (χ3n) is 8.22. The van der Waals surface area contributed by atoms with Gasteiger partial charge in [-0.15, -0.1) is 0 Å². The molecule has 1 heterocycles. The van der Waals surface area contributed by atoms with E-state index in [1.54, 1.807) is 45.4 Å². The Labute approximate surface area is 239 Å². The Morgan fingerprint density at radius 3 is 2.15 bits per heavy atom. The van der Waals surface area contributed by atoms with Crippen molar-refractivity contribution < 1.29 is 23.9 Å². The van der Waals surface area contributed by atoms with Gasteiger partial charge >= 0.3 is 0 Å². The van der Waals surface area contributed by atoms with Crippen LogP contribution < -0.4 is 19.7 Å². The summed E-state index contributed by atoms with van der Waals surface area (Å²) in [5, 5.41) is 3.58. The molecule has 0 saturated heterocycles. The first-order chi connectivity index (χ1) is 19.6. The van der Waals surface area contributed by atoms with E-state index in [1.165, 1.54) is 0 Å². The van der Waals surface area contributed by atoms with Crippen LogP contribution in [-0.4, -0.2) is 31.6 Å². The number of carbonyl (C=O) groups is 3. The van der Waals surface area contributed by atoms with Crippen LogP contribution in [0.25, 0.3) is 0 Å². The molecular weight excluding hydrogens is 516 g/mol. The summed E-state index contributed by atoms with van der Waals surface area (Å²) in [4.78, 5) is 43.5. The molecular formula is C34H32N2O5. The van der Waals surface area contributed by atoms with Gasteiger partial charge in [0.15, 0.2) is 28.8 Å². The highest BCUT2D eigenvalue weighted by Crippen LogP contribution is 2.51. The van der Waals surface area contributed by atoms with E-state index in [-0.39, 0.29) is 28.3 Å². The molecule has 0 amide bonds. The lowest BCUT2D eigenvalue weighted by Gasteiger charge is -2.39. The first kappa shape index (κ1) is 26.6. The monoisotopic (exact) mass is 548 g/mol. The van der Waals surface area contributed by atoms with Crippen LogP contribution in [-0.2, 0) is 4.79 Å². The molecule has 0 spiro atoms. The summed E-state index contributed by atoms with van der Waals surface area (Å²) < 4.78 is 11.2. The van der Waals surface area contributed by atoms with E-state index in [2.05, 4.69) is 19.2 Å². The van der Waals surface area contributed by atoms with Gasteiger partial charge in [0.05, 0.1) is 37.2 Å². The molecule has 0 radical (unpaired) electrons. The zero-order valence-electron chi connectivity index (χ0n) is 23.8. The normalized spacial score (nSPS) is 19.2. The fourth-order valence-corrected chi connectivity index (χ4v) is 6.40. The fourth-order valence-electron chi connectivity index (χ4n) is 6.40. The predicted octanol–water partition coefficient (Wildman–Crippen LogP) is 6.67. The van der Waals surface area contributed by atoms with E-state index in [9.17, 15) is 14.4 Å². The summed E-state index contributed by atoms with van der Waals surface area (Å²) in [7, 11) is 3.15. The van der Waals surface area contributed by atoms with Gasteiger partial charge in [-0.2, -0.15) is 0 Å². The molecule has 0 fully saturated rings. The van der Waals surface area contributed by atoms with E-state index < -0.39 is 6.04 Å². The van der Waals surface area contributed by atoms with E-state index in [4.69, 9.17) is 9.47 Å². The largest absolute Gasteiger partial charge is 0.493 e. The topological polar surface area (TPSA) is 84.9 Å². The van der Waals surface area contributed by atoms with Crippen LogP contribution in [0, 0.1) is 5.41 Å². The zero-order valence-corrected chi connectivity index (χ0v) is 23.8. The van der Waals surface area contributed by atoms with Crippen molar-refractivity contribution in [3.05, 3.63) is 106 Å². The summed E-state index contributed by atoms with van der Waals surface area (Å²) in [5.41, 5.74) is 4.93. The molecule has 1 aliphatic heterocycles. The Morgan fingerprint density at radius 2 is 1.49 bits per heavy atom. The molecule has 1 atom stereocenters. The molecule has 6 rings (SSSR count). The molecule has 0 unspecified atom stereocenters. The lowest BCUT2D eigenvalue weighted by Crippen LogP contribution is -2.36. The number of anilines is 2. The minimum absolute atomic E-state index is 0.0199. The molecule has 2 aliphatic carbocycles. The van der Waals surface area contributed by atoms with Crippen molar-refractivity contribution in [2.24, 2.45) is 5.41 Å². The number of methoxy groups -OCH3 is 2. The minimum Gasteiger partial charge on any atom is -0.493 e. The number of hydrogen-bond acceptors (Lipinski definition) is 7. The Kier molecular flexibility index (Phi) is 6.33. The van der Waals surface area contributed by atoms with Gasteiger partial charge in [-0.3, -0.25) is 14.4 Å². The Bertz CT molecular complexity index is 1660. The number of ketones is 3. The van der Waals surface area contributed by atoms with Crippen LogP contribution in [0.4, 0.5) is 11.4 Å². The quantitative estimate of drug-likeness (QED) is 0.288. The summed E-state index contributed by atoms with van der Waals surface area (Å²) in [6.45, 7) is 5.98. The van der Waals surface area contributed by atoms with Crippen LogP contribution in [0.2, 0.25) is 0 Å². The average molecular weight is 549 g/mol. The number of ether oxygens (including phenoxy) is 2. The molecule has 3 aromatic rings. The number of benzene rings is 3. The number of allylic oxidation sites excluding steroid dienone is 3. The summed E-state index contributed by atoms with van der Waals surface area (Å²) in [6.07, 6.45) is 1.04. The number of Topliss-reactive ketones (excluding diaryl/α,β-unsaturated/α-hetero) is 3. The van der Waals surface area contributed by atoms with Crippen molar-refractivity contribution >= 4 is 28.7 Å². The highest BCUT2D eigenvalue weighted by atomic mass is 16.5. The van der Waals surface area contributed by atoms with Gasteiger partial charge in [0.2, 0.25) is 0 Å². The maximum Gasteiger partial charge on any atom is 0.199 e. The number of carbonyl (C=O) groups excluding carboxylic acids is 3. The van der Waals surface area contributed by atoms with Gasteiger partial charge in [0, 0.05) is 34.5 Å². The number of fused-ring (bicyclic) bond motifs is 2. The molecule has 0 saturated carbocycles. The van der Waals surface area contributed by atoms with Crippen molar-refractivity contribution in [2.45, 2.75) is 39.7 Å². The highest BCUT2D eigenvalue weighted by Gasteiger charge is 2.44. The van der Waals surface area contributed by atoms with Crippen molar-refractivity contribution in [3.8, 4) is 11.5 Å². The van der Waals surface area contributed by atoms with Crippen LogP contribution in [0.1, 0.15) is 65.9 Å². The van der Waals surface area contributed by atoms with Crippen molar-refractivity contribution in [2.75, 3.05) is 24.4 Å². The number of nitrogens with zero attached hydrogens (tertiary/aromatic N) is 1. The fraction of sp³-hybridized carbons (Fsp3) is 0.265. The van der Waals surface area contributed by atoms with E-state index >= 15 is 0 Å². The van der Waals surface area contributed by atoms with Crippen molar-refractivity contribution in [1.82, 2.24) is 0 Å². The first-order valence-electron chi connectivity index (χ1n) is 13.7. The summed E-state index contributed by atoms with van der Waals surface area (Å²) in [5.74, 6) is 0.480. The lowest BCUT2D eigenvalue weighted by atomic mass is 9.73. The van der Waals surface area contributed by atoms with Gasteiger partial charge < -0.3 is 19.7 Å². The maximum atomic E-state index is 14.1. The smallest absolute Gasteiger partial charge is 0.199 e. The second kappa shape index (κ2) is 9.77. The van der Waals surface area contributed by atoms with E-state index in [0.29, 0.717) is 46.7 Å². The summed E-state index contributed by atoms with van der Waals surface area (Å²) >= 11 is 0. The minimum atomic E-state index is -0.638. The molecule has 208 valence electrons. The maximum absolute atomic E-state index is 14.1. The number of rotatable bonds is 4. The number of hydrogen-bond donors (Lipinski definition) is 1. The van der Waals surface area contributed by atoms with Gasteiger partial charge in [-0.1, -0.05) is 56.3 Å². The highest BCUT2D eigenvalue weighted by molar-refractivity contribution is 6.40. The van der Waals surface area contributed by atoms with Crippen molar-refractivity contribution in [1.29, 1.82) is 0 Å². The third kappa shape index (κ3) is 4.24. The summed E-state index contributed by atoms with van der Waals surface area (Å²) in [6, 6.07) is 19.6. The molecule has 0 aromatic heterocycles. The van der Waals surface area contributed by atoms with Crippen LogP contribution in [0.3, 0.4) is 0 Å². The van der Waals surface area contributed by atoms with Gasteiger partial charge in [0.25, 0.3) is 0 Å². The second-order valence-electron chi connectivity index (χ2n) is 11.5. The second-order valence-corrected chi connectivity index (χ2v) is 11.5. The third-order valence-corrected chi connectivity index (χ3v) is 8.22. The van der Waals surface area contributed by atoms with Gasteiger partial charge in [0.1, 0.15) is 0 Å². The van der Waals surface area contributed by atoms with Gasteiger partial charge in [-0.25, -0.2) is 0 Å². The lowest BCUT2D eigenvalue weighted by molar-refractivity contribution is -0.118. The number of nitrogens with one attached hydrogen (secondary N) is 1. The van der Waals surface area contributed by atoms with Crippen LogP contribution >= 0.6 is 0 Å². The predicted molar refractivity (Wildman–Crippen MR) is 158 cm³/mol. The molecule has 3 aliphatic rings. The zero-order chi connectivity index (χ0) is 29.1. The Balaban J connectivity index is 1.67.